The number of nitrogens with zero attached hydrogens (tertiary/aromatic N) is 2. The zero-order chi connectivity index (χ0) is 15.5. The molecule has 5 nitrogen and oxygen atoms in total. The van der Waals surface area contributed by atoms with E-state index in [0.717, 1.165) is 51.8 Å². The van der Waals surface area contributed by atoms with E-state index in [9.17, 15) is 0 Å². The number of ether oxygens (including phenoxy) is 2. The molecule has 1 atom stereocenters. The van der Waals surface area contributed by atoms with Gasteiger partial charge in [0.05, 0.1) is 26.0 Å². The fraction of sp³-hybridized carbons (Fsp3) is 0.778. The Labute approximate surface area is 138 Å². The van der Waals surface area contributed by atoms with Crippen LogP contribution in [-0.2, 0) is 16.0 Å². The van der Waals surface area contributed by atoms with E-state index < -0.39 is 0 Å². The highest BCUT2D eigenvalue weighted by Crippen LogP contribution is 2.36. The van der Waals surface area contributed by atoms with E-state index in [1.54, 1.807) is 6.26 Å². The molecular weight excluding hydrogens is 292 g/mol. The molecule has 3 aliphatic heterocycles. The molecule has 0 saturated carbocycles. The smallest absolute Gasteiger partial charge is 0.117 e. The normalized spacial score (nSPS) is 31.7. The average Bonchev–Trinajstić information content (AvgIpc) is 3.18. The Kier molecular flexibility index (Phi) is 4.71. The van der Waals surface area contributed by atoms with E-state index >= 15 is 0 Å². The molecule has 0 aliphatic carbocycles. The van der Waals surface area contributed by atoms with Gasteiger partial charge in [0, 0.05) is 44.3 Å². The second-order valence-electron chi connectivity index (χ2n) is 7.41. The van der Waals surface area contributed by atoms with Crippen molar-refractivity contribution in [3.63, 3.8) is 0 Å². The van der Waals surface area contributed by atoms with Crippen molar-refractivity contribution in [3.05, 3.63) is 24.2 Å². The van der Waals surface area contributed by atoms with Gasteiger partial charge in [0.25, 0.3) is 0 Å². The van der Waals surface area contributed by atoms with Crippen LogP contribution in [0, 0.1) is 5.41 Å². The van der Waals surface area contributed by atoms with E-state index in [1.165, 1.54) is 32.4 Å². The van der Waals surface area contributed by atoms with Crippen LogP contribution >= 0.6 is 0 Å². The van der Waals surface area contributed by atoms with Gasteiger partial charge in [-0.15, -0.1) is 0 Å². The second-order valence-corrected chi connectivity index (χ2v) is 7.41. The van der Waals surface area contributed by atoms with Gasteiger partial charge in [-0.2, -0.15) is 0 Å². The first-order chi connectivity index (χ1) is 11.3. The van der Waals surface area contributed by atoms with Gasteiger partial charge in [-0.1, -0.05) is 0 Å². The van der Waals surface area contributed by atoms with Crippen molar-refractivity contribution in [2.45, 2.75) is 31.8 Å². The van der Waals surface area contributed by atoms with E-state index in [2.05, 4.69) is 15.9 Å². The average molecular weight is 320 g/mol. The zero-order valence-electron chi connectivity index (χ0n) is 13.9. The molecule has 1 aromatic heterocycles. The summed E-state index contributed by atoms with van der Waals surface area (Å²) < 4.78 is 17.1. The third kappa shape index (κ3) is 3.63. The van der Waals surface area contributed by atoms with Gasteiger partial charge in [0.1, 0.15) is 5.76 Å². The molecule has 0 bridgehead atoms. The summed E-state index contributed by atoms with van der Waals surface area (Å²) in [6.07, 6.45) is 5.39. The minimum Gasteiger partial charge on any atom is -0.468 e. The molecular formula is C18H28N2O3. The lowest BCUT2D eigenvalue weighted by Gasteiger charge is -2.35. The minimum atomic E-state index is 0.293. The summed E-state index contributed by atoms with van der Waals surface area (Å²) in [5.41, 5.74) is 0.293. The molecule has 128 valence electrons. The van der Waals surface area contributed by atoms with Crippen molar-refractivity contribution in [3.8, 4) is 0 Å². The van der Waals surface area contributed by atoms with E-state index in [4.69, 9.17) is 13.9 Å². The maximum absolute atomic E-state index is 5.99. The van der Waals surface area contributed by atoms with Gasteiger partial charge in [-0.3, -0.25) is 9.80 Å². The summed E-state index contributed by atoms with van der Waals surface area (Å²) in [6, 6.07) is 4.76. The Hall–Kier alpha value is -0.880. The van der Waals surface area contributed by atoms with Crippen molar-refractivity contribution in [1.82, 2.24) is 9.80 Å². The highest BCUT2D eigenvalue weighted by molar-refractivity contribution is 5.00. The molecule has 0 radical (unpaired) electrons. The molecule has 1 aromatic rings. The topological polar surface area (TPSA) is 38.1 Å². The minimum absolute atomic E-state index is 0.293. The number of likely N-dealkylation sites (tertiary alicyclic amines) is 1. The van der Waals surface area contributed by atoms with Crippen molar-refractivity contribution < 1.29 is 13.9 Å². The first-order valence-corrected chi connectivity index (χ1v) is 8.97. The molecule has 1 unspecified atom stereocenters. The Bertz CT molecular complexity index is 486. The number of hydrogen-bond acceptors (Lipinski definition) is 5. The van der Waals surface area contributed by atoms with Crippen molar-refractivity contribution in [2.75, 3.05) is 52.6 Å². The maximum Gasteiger partial charge on any atom is 0.117 e. The third-order valence-electron chi connectivity index (χ3n) is 5.65. The Balaban J connectivity index is 1.40. The molecule has 3 aliphatic rings. The molecule has 5 heteroatoms. The number of hydrogen-bond donors (Lipinski definition) is 0. The molecule has 1 spiro atoms. The first-order valence-electron chi connectivity index (χ1n) is 8.97. The predicted octanol–water partition coefficient (Wildman–Crippen LogP) is 1.98. The summed E-state index contributed by atoms with van der Waals surface area (Å²) in [5.74, 6) is 1.06. The van der Waals surface area contributed by atoms with Crippen LogP contribution < -0.4 is 0 Å². The summed E-state index contributed by atoms with van der Waals surface area (Å²) >= 11 is 0. The molecule has 3 saturated heterocycles. The summed E-state index contributed by atoms with van der Waals surface area (Å²) in [4.78, 5) is 5.21. The van der Waals surface area contributed by atoms with Gasteiger partial charge in [0.15, 0.2) is 0 Å². The molecule has 3 fully saturated rings. The van der Waals surface area contributed by atoms with Crippen molar-refractivity contribution in [2.24, 2.45) is 5.41 Å². The van der Waals surface area contributed by atoms with Gasteiger partial charge in [-0.25, -0.2) is 0 Å². The van der Waals surface area contributed by atoms with Crippen LogP contribution in [0.15, 0.2) is 22.8 Å². The molecule has 4 heterocycles. The van der Waals surface area contributed by atoms with Gasteiger partial charge < -0.3 is 13.9 Å². The van der Waals surface area contributed by atoms with Crippen molar-refractivity contribution in [1.29, 1.82) is 0 Å². The fourth-order valence-electron chi connectivity index (χ4n) is 4.42. The van der Waals surface area contributed by atoms with Crippen LogP contribution in [0.1, 0.15) is 25.0 Å². The Morgan fingerprint density at radius 1 is 1.09 bits per heavy atom. The van der Waals surface area contributed by atoms with Gasteiger partial charge in [0.2, 0.25) is 0 Å². The fourth-order valence-corrected chi connectivity index (χ4v) is 4.42. The highest BCUT2D eigenvalue weighted by Gasteiger charge is 2.43. The lowest BCUT2D eigenvalue weighted by atomic mass is 9.87. The summed E-state index contributed by atoms with van der Waals surface area (Å²) in [7, 11) is 0. The molecule has 23 heavy (non-hydrogen) atoms. The van der Waals surface area contributed by atoms with Gasteiger partial charge >= 0.3 is 0 Å². The Morgan fingerprint density at radius 3 is 2.83 bits per heavy atom. The highest BCUT2D eigenvalue weighted by atomic mass is 16.5. The Morgan fingerprint density at radius 2 is 2.00 bits per heavy atom. The van der Waals surface area contributed by atoms with E-state index in [1.807, 2.05) is 6.07 Å². The largest absolute Gasteiger partial charge is 0.468 e. The first kappa shape index (κ1) is 15.6. The van der Waals surface area contributed by atoms with Crippen LogP contribution in [0.4, 0.5) is 0 Å². The predicted molar refractivity (Wildman–Crippen MR) is 87.3 cm³/mol. The summed E-state index contributed by atoms with van der Waals surface area (Å²) in [6.45, 7) is 8.99. The quantitative estimate of drug-likeness (QED) is 0.851. The lowest BCUT2D eigenvalue weighted by molar-refractivity contribution is 0.0283. The van der Waals surface area contributed by atoms with Crippen LogP contribution in [0.5, 0.6) is 0 Å². The molecule has 4 rings (SSSR count). The monoisotopic (exact) mass is 320 g/mol. The molecule has 0 aromatic carbocycles. The van der Waals surface area contributed by atoms with Crippen LogP contribution in [0.2, 0.25) is 0 Å². The van der Waals surface area contributed by atoms with Crippen molar-refractivity contribution >= 4 is 0 Å². The third-order valence-corrected chi connectivity index (χ3v) is 5.65. The lowest BCUT2D eigenvalue weighted by Crippen LogP contribution is -2.43. The number of furan rings is 1. The van der Waals surface area contributed by atoms with Crippen LogP contribution in [0.3, 0.4) is 0 Å². The van der Waals surface area contributed by atoms with E-state index in [-0.39, 0.29) is 0 Å². The molecule has 0 amide bonds. The standard InChI is InChI=1S/C18H28N2O3/c1-2-17(23-8-1)12-19-7-11-22-15-18(13-19)5-6-20(14-18)16-3-9-21-10-4-16/h1-2,8,16H,3-7,9-15H2. The zero-order valence-corrected chi connectivity index (χ0v) is 13.9. The summed E-state index contributed by atoms with van der Waals surface area (Å²) in [5, 5.41) is 0. The van der Waals surface area contributed by atoms with E-state index in [0.29, 0.717) is 11.5 Å². The molecule has 0 N–H and O–H groups in total. The second kappa shape index (κ2) is 6.93. The number of rotatable bonds is 3. The van der Waals surface area contributed by atoms with Crippen LogP contribution in [-0.4, -0.2) is 68.4 Å². The van der Waals surface area contributed by atoms with Crippen LogP contribution in [0.25, 0.3) is 0 Å². The maximum atomic E-state index is 5.99. The van der Waals surface area contributed by atoms with Gasteiger partial charge in [-0.05, 0) is 37.9 Å². The SMILES string of the molecule is c1coc(CN2CCOCC3(CCN(C4CCOCC4)C3)C2)c1.